The summed E-state index contributed by atoms with van der Waals surface area (Å²) < 4.78 is 95.9. The maximum Gasteiger partial charge on any atom is 0.261 e. The van der Waals surface area contributed by atoms with Crippen molar-refractivity contribution in [2.45, 2.75) is 126 Å². The van der Waals surface area contributed by atoms with Crippen molar-refractivity contribution >= 4 is 50.5 Å². The quantitative estimate of drug-likeness (QED) is 0.0333. The number of hydrogen-bond acceptors (Lipinski definition) is 23. The number of H-pyrrole nitrogens is 2. The number of anilines is 5. The SMILES string of the molecule is COc1cc(OC)cc(N(CCCN2CCC(F)(F)C2)c2ccc3ncc(-c4cn[nH]c4)nc3c2)c1.COc1cc(OC)cc(N(CCCN2CCC(F)(F)C2)c2ccc3ncc(-c4cn[nH]c4)nc3c2)c1.COc1cc(OC)cc(N(CCCN2CCC(N3C[C@@H](C)O[C@@H](C)C3)C2)C2CCC3NCC(c4cnn(C)c4)NC3C2)c1.[Co]. The van der Waals surface area contributed by atoms with Gasteiger partial charge in [0.1, 0.15) is 34.5 Å². The second kappa shape index (κ2) is 38.8. The van der Waals surface area contributed by atoms with Crippen LogP contribution in [0.3, 0.4) is 0 Å². The van der Waals surface area contributed by atoms with Crippen LogP contribution in [0.5, 0.6) is 34.5 Å². The number of methoxy groups -OCH3 is 6. The molecule has 26 nitrogen and oxygen atoms in total. The van der Waals surface area contributed by atoms with Crippen LogP contribution in [0.25, 0.3) is 44.6 Å². The number of fused-ring (bicyclic) bond motifs is 3. The average Bonchev–Trinajstić information content (AvgIpc) is 0.976. The molecular formula is C85H109CoF4N19O7. The second-order valence-electron chi connectivity index (χ2n) is 31.1. The molecule has 5 aromatic heterocycles. The van der Waals surface area contributed by atoms with Crippen molar-refractivity contribution in [1.29, 1.82) is 0 Å². The zero-order chi connectivity index (χ0) is 80.2. The molecule has 6 aliphatic rings. The molecule has 5 aliphatic heterocycles. The molecule has 0 amide bonds. The molecular weight excluding hydrogens is 1530 g/mol. The zero-order valence-electron chi connectivity index (χ0n) is 67.7. The van der Waals surface area contributed by atoms with Crippen LogP contribution < -0.4 is 53.8 Å². The van der Waals surface area contributed by atoms with Gasteiger partial charge in [0.15, 0.2) is 0 Å². The number of aromatic amines is 2. The summed E-state index contributed by atoms with van der Waals surface area (Å²) in [5.41, 5.74) is 12.2. The number of nitrogens with zero attached hydrogens (tertiary/aromatic N) is 15. The fourth-order valence-corrected chi connectivity index (χ4v) is 17.1. The average molecular weight is 1640 g/mol. The minimum atomic E-state index is -2.59. The van der Waals surface area contributed by atoms with Gasteiger partial charge < -0.3 is 63.4 Å². The topological polar surface area (TPSA) is 238 Å². The number of piperazine rings is 1. The van der Waals surface area contributed by atoms with Crippen molar-refractivity contribution in [3.05, 3.63) is 146 Å². The molecule has 0 bridgehead atoms. The van der Waals surface area contributed by atoms with E-state index >= 15 is 0 Å². The second-order valence-corrected chi connectivity index (χ2v) is 31.1. The molecule has 116 heavy (non-hydrogen) atoms. The molecule has 10 heterocycles. The zero-order valence-corrected chi connectivity index (χ0v) is 68.7. The summed E-state index contributed by atoms with van der Waals surface area (Å²) in [7, 11) is 11.9. The molecule has 1 saturated carbocycles. The van der Waals surface area contributed by atoms with Gasteiger partial charge in [-0.3, -0.25) is 39.5 Å². The molecule has 0 spiro atoms. The number of morpholine rings is 1. The molecule has 7 atom stereocenters. The standard InChI is InChI=1S/C33H53N7O3.2C26H28F2N6O2.Co/c1-23-19-39(20-24(2)43-23)27-9-12-38(22-27)10-6-11-40(28-13-29(41-4)16-30(14-28)42-5)26-7-8-31-32(15-26)36-33(18-34-31)25-17-35-37(3)21-25;2*1-35-21-10-20(11-22(13-21)36-2)34(8-3-7-33-9-6-26(27,28)17-33)19-4-5-23-24(12-19)32-25(16-29-23)18-14-30-31-15-18;/h13-14,16-17,21,23-24,26-27,31-34,36H,6-12,15,18-20,22H2,1-5H3;2*4-5,10-16H,3,6-9,17H2,1-2H3,(H,30,31);/t23-,24+,26?,27?,31?,32?,33?;;;. The van der Waals surface area contributed by atoms with Gasteiger partial charge in [-0.1, -0.05) is 0 Å². The van der Waals surface area contributed by atoms with Crippen LogP contribution in [-0.2, 0) is 28.6 Å². The Morgan fingerprint density at radius 1 is 0.517 bits per heavy atom. The van der Waals surface area contributed by atoms with E-state index in [0.717, 1.165) is 124 Å². The summed E-state index contributed by atoms with van der Waals surface area (Å²) in [5, 5.41) is 25.9. The molecule has 16 rings (SSSR count). The Morgan fingerprint density at radius 3 is 1.45 bits per heavy atom. The summed E-state index contributed by atoms with van der Waals surface area (Å²) in [6.45, 7) is 14.9. The van der Waals surface area contributed by atoms with E-state index in [1.54, 1.807) is 79.8 Å². The normalized spacial score (nSPS) is 21.4. The van der Waals surface area contributed by atoms with Crippen molar-refractivity contribution < 1.29 is 67.5 Å². The number of aromatic nitrogens is 10. The number of halogens is 4. The molecule has 1 aliphatic carbocycles. The number of hydrogen-bond donors (Lipinski definition) is 4. The molecule has 5 saturated heterocycles. The fourth-order valence-electron chi connectivity index (χ4n) is 17.1. The van der Waals surface area contributed by atoms with Gasteiger partial charge in [0.2, 0.25) is 0 Å². The molecule has 31 heteroatoms. The van der Waals surface area contributed by atoms with E-state index in [1.807, 2.05) is 107 Å². The Hall–Kier alpha value is -9.44. The first kappa shape index (κ1) is 84.5. The van der Waals surface area contributed by atoms with Gasteiger partial charge in [-0.15, -0.1) is 0 Å². The number of alkyl halides is 4. The Bertz CT molecular complexity index is 4520. The van der Waals surface area contributed by atoms with Crippen molar-refractivity contribution in [1.82, 2.24) is 80.3 Å². The minimum Gasteiger partial charge on any atom is -0.497 e. The third-order valence-corrected chi connectivity index (χ3v) is 22.9. The van der Waals surface area contributed by atoms with Gasteiger partial charge in [-0.25, -0.2) is 27.5 Å². The van der Waals surface area contributed by atoms with E-state index in [-0.39, 0.29) is 42.7 Å². The van der Waals surface area contributed by atoms with Gasteiger partial charge in [-0.2, -0.15) is 15.3 Å². The smallest absolute Gasteiger partial charge is 0.261 e. The third kappa shape index (κ3) is 21.5. The van der Waals surface area contributed by atoms with Crippen LogP contribution in [-0.4, -0.2) is 259 Å². The van der Waals surface area contributed by atoms with Gasteiger partial charge in [0.05, 0.1) is 132 Å². The number of aryl methyl sites for hydroxylation is 1. The Labute approximate surface area is 686 Å². The summed E-state index contributed by atoms with van der Waals surface area (Å²) in [6.07, 6.45) is 22.3. The monoisotopic (exact) mass is 1640 g/mol. The Kier molecular flexibility index (Phi) is 28.2. The molecule has 4 N–H and O–H groups in total. The van der Waals surface area contributed by atoms with E-state index in [2.05, 4.69) is 103 Å². The van der Waals surface area contributed by atoms with Gasteiger partial charge in [0, 0.05) is 257 Å². The van der Waals surface area contributed by atoms with Crippen LogP contribution in [0, 0.1) is 0 Å². The van der Waals surface area contributed by atoms with Gasteiger partial charge >= 0.3 is 0 Å². The maximum absolute atomic E-state index is 13.7. The molecule has 6 fully saturated rings. The van der Waals surface area contributed by atoms with Crippen molar-refractivity contribution in [3.8, 4) is 57.0 Å². The Balaban J connectivity index is 0.000000152. The van der Waals surface area contributed by atoms with Crippen LogP contribution in [0.1, 0.15) is 83.2 Å². The Morgan fingerprint density at radius 2 is 1.00 bits per heavy atom. The van der Waals surface area contributed by atoms with E-state index in [0.29, 0.717) is 118 Å². The molecule has 623 valence electrons. The molecule has 10 aromatic rings. The predicted molar refractivity (Wildman–Crippen MR) is 439 cm³/mol. The van der Waals surface area contributed by atoms with Crippen molar-refractivity contribution in [2.75, 3.05) is 156 Å². The molecule has 1 radical (unpaired) electrons. The van der Waals surface area contributed by atoms with Crippen molar-refractivity contribution in [2.24, 2.45) is 7.05 Å². The number of ether oxygens (including phenoxy) is 7. The summed E-state index contributed by atoms with van der Waals surface area (Å²) in [5.74, 6) is -0.843. The number of benzene rings is 5. The van der Waals surface area contributed by atoms with E-state index in [1.165, 1.54) is 43.6 Å². The summed E-state index contributed by atoms with van der Waals surface area (Å²) in [4.78, 5) is 34.6. The molecule has 5 aromatic carbocycles. The van der Waals surface area contributed by atoms with Crippen LogP contribution in [0.2, 0.25) is 0 Å². The summed E-state index contributed by atoms with van der Waals surface area (Å²) in [6, 6.07) is 31.9. The van der Waals surface area contributed by atoms with Crippen LogP contribution in [0.4, 0.5) is 46.0 Å². The first-order valence-corrected chi connectivity index (χ1v) is 40.1. The number of likely N-dealkylation sites (tertiary alicyclic amines) is 3. The first-order valence-electron chi connectivity index (χ1n) is 40.1. The van der Waals surface area contributed by atoms with E-state index in [4.69, 9.17) is 43.1 Å². The first-order chi connectivity index (χ1) is 55.7. The predicted octanol–water partition coefficient (Wildman–Crippen LogP) is 12.9. The minimum absolute atomic E-state index is 0. The van der Waals surface area contributed by atoms with Crippen LogP contribution >= 0.6 is 0 Å². The van der Waals surface area contributed by atoms with E-state index in [9.17, 15) is 17.6 Å². The third-order valence-electron chi connectivity index (χ3n) is 22.9. The number of rotatable bonds is 28. The maximum atomic E-state index is 13.7. The van der Waals surface area contributed by atoms with Crippen LogP contribution in [0.15, 0.2) is 141 Å². The van der Waals surface area contributed by atoms with E-state index < -0.39 is 11.8 Å². The van der Waals surface area contributed by atoms with Crippen molar-refractivity contribution in [3.63, 3.8) is 0 Å². The summed E-state index contributed by atoms with van der Waals surface area (Å²) >= 11 is 0. The fraction of sp³-hybridized carbons (Fsp3) is 0.494. The van der Waals surface area contributed by atoms with Gasteiger partial charge in [-0.05, 0) is 108 Å². The number of nitrogens with one attached hydrogen (secondary N) is 4. The largest absolute Gasteiger partial charge is 0.497 e. The van der Waals surface area contributed by atoms with Gasteiger partial charge in [0.25, 0.3) is 11.8 Å². The molecule has 5 unspecified atom stereocenters.